The molecule has 1 saturated carbocycles. The van der Waals surface area contributed by atoms with E-state index in [1.54, 1.807) is 18.2 Å². The molecule has 1 aliphatic carbocycles. The second-order valence-electron chi connectivity index (χ2n) is 10.7. The molecule has 1 aliphatic heterocycles. The summed E-state index contributed by atoms with van der Waals surface area (Å²) in [6.07, 6.45) is 1.11. The van der Waals surface area contributed by atoms with E-state index in [0.29, 0.717) is 29.8 Å². The van der Waals surface area contributed by atoms with Crippen molar-refractivity contribution in [2.24, 2.45) is 5.92 Å². The molecule has 2 heterocycles. The van der Waals surface area contributed by atoms with Gasteiger partial charge in [0.15, 0.2) is 0 Å². The number of aromatic nitrogens is 2. The Morgan fingerprint density at radius 2 is 1.82 bits per heavy atom. The number of ether oxygens (including phenoxy) is 1. The molecule has 40 heavy (non-hydrogen) atoms. The van der Waals surface area contributed by atoms with E-state index < -0.39 is 11.7 Å². The van der Waals surface area contributed by atoms with Crippen LogP contribution in [0.5, 0.6) is 5.75 Å². The van der Waals surface area contributed by atoms with Crippen LogP contribution in [0, 0.1) is 5.92 Å². The second kappa shape index (κ2) is 12.8. The third kappa shape index (κ3) is 7.61. The molecule has 1 aromatic heterocycles. The van der Waals surface area contributed by atoms with Crippen molar-refractivity contribution in [2.75, 3.05) is 32.6 Å². The fraction of sp³-hybridized carbons (Fsp3) is 0.571. The molecule has 0 bridgehead atoms. The number of nitrogens with zero attached hydrogens (tertiary/aromatic N) is 3. The van der Waals surface area contributed by atoms with E-state index in [1.165, 1.54) is 14.0 Å². The average Bonchev–Trinajstić information content (AvgIpc) is 2.90. The number of carbonyl (C=O) groups excluding carboxylic acids is 2. The second-order valence-corrected chi connectivity index (χ2v) is 10.7. The topological polar surface area (TPSA) is 108 Å². The van der Waals surface area contributed by atoms with Crippen LogP contribution >= 0.6 is 0 Å². The number of methoxy groups -OCH3 is 1. The number of halogens is 3. The fourth-order valence-corrected chi connectivity index (χ4v) is 5.51. The lowest BCUT2D eigenvalue weighted by atomic mass is 9.81. The Hall–Kier alpha value is -3.41. The predicted molar refractivity (Wildman–Crippen MR) is 145 cm³/mol. The minimum Gasteiger partial charge on any atom is -0.495 e. The number of nitrogens with one attached hydrogen (secondary N) is 3. The molecule has 9 nitrogen and oxygen atoms in total. The van der Waals surface area contributed by atoms with Crippen molar-refractivity contribution in [3.8, 4) is 5.75 Å². The Labute approximate surface area is 232 Å². The summed E-state index contributed by atoms with van der Waals surface area (Å²) < 4.78 is 47.1. The summed E-state index contributed by atoms with van der Waals surface area (Å²) in [5, 5.41) is 8.91. The zero-order valence-corrected chi connectivity index (χ0v) is 23.1. The van der Waals surface area contributed by atoms with Gasteiger partial charge in [-0.3, -0.25) is 9.59 Å². The lowest BCUT2D eigenvalue weighted by molar-refractivity contribution is -0.139. The number of anilines is 2. The van der Waals surface area contributed by atoms with Crippen molar-refractivity contribution in [3.05, 3.63) is 41.2 Å². The van der Waals surface area contributed by atoms with Crippen LogP contribution in [0.2, 0.25) is 0 Å². The van der Waals surface area contributed by atoms with Gasteiger partial charge in [-0.1, -0.05) is 12.8 Å². The van der Waals surface area contributed by atoms with E-state index in [-0.39, 0.29) is 47.9 Å². The SMILES string of the molecule is COc1ccc(C(=O)NC2CCN(C)CC2)cc1Nc1ncc(C(F)(F)F)c(C[C@@H]2CCCC[C@H]2NC(C)=O)n1. The predicted octanol–water partition coefficient (Wildman–Crippen LogP) is 4.31. The van der Waals surface area contributed by atoms with Gasteiger partial charge in [-0.05, 0) is 76.4 Å². The molecule has 0 radical (unpaired) electrons. The summed E-state index contributed by atoms with van der Waals surface area (Å²) in [5.41, 5.74) is -0.293. The highest BCUT2D eigenvalue weighted by Crippen LogP contribution is 2.36. The van der Waals surface area contributed by atoms with Crippen molar-refractivity contribution in [1.82, 2.24) is 25.5 Å². The van der Waals surface area contributed by atoms with Gasteiger partial charge in [0.1, 0.15) is 5.75 Å². The number of alkyl halides is 3. The van der Waals surface area contributed by atoms with E-state index in [0.717, 1.165) is 45.0 Å². The molecular weight excluding hydrogens is 525 g/mol. The Bertz CT molecular complexity index is 1200. The van der Waals surface area contributed by atoms with Gasteiger partial charge in [-0.25, -0.2) is 9.97 Å². The molecule has 2 atom stereocenters. The van der Waals surface area contributed by atoms with Crippen LogP contribution in [0.3, 0.4) is 0 Å². The zero-order valence-electron chi connectivity index (χ0n) is 23.1. The maximum absolute atomic E-state index is 13.9. The first-order valence-electron chi connectivity index (χ1n) is 13.7. The largest absolute Gasteiger partial charge is 0.495 e. The van der Waals surface area contributed by atoms with Gasteiger partial charge in [0.25, 0.3) is 5.91 Å². The van der Waals surface area contributed by atoms with E-state index in [4.69, 9.17) is 4.74 Å². The molecule has 1 aromatic carbocycles. The quantitative estimate of drug-likeness (QED) is 0.440. The van der Waals surface area contributed by atoms with E-state index >= 15 is 0 Å². The summed E-state index contributed by atoms with van der Waals surface area (Å²) in [6.45, 7) is 3.22. The van der Waals surface area contributed by atoms with E-state index in [1.807, 2.05) is 7.05 Å². The summed E-state index contributed by atoms with van der Waals surface area (Å²) >= 11 is 0. The number of hydrogen-bond acceptors (Lipinski definition) is 7. The molecular formula is C28H37F3N6O3. The van der Waals surface area contributed by atoms with Gasteiger partial charge in [-0.2, -0.15) is 13.2 Å². The van der Waals surface area contributed by atoms with Crippen LogP contribution in [0.1, 0.15) is 67.1 Å². The van der Waals surface area contributed by atoms with Crippen molar-refractivity contribution in [1.29, 1.82) is 0 Å². The third-order valence-electron chi connectivity index (χ3n) is 7.69. The maximum Gasteiger partial charge on any atom is 0.419 e. The van der Waals surface area contributed by atoms with Crippen molar-refractivity contribution in [2.45, 2.75) is 70.1 Å². The number of rotatable bonds is 8. The summed E-state index contributed by atoms with van der Waals surface area (Å²) in [4.78, 5) is 35.1. The fourth-order valence-electron chi connectivity index (χ4n) is 5.51. The van der Waals surface area contributed by atoms with Gasteiger partial charge >= 0.3 is 6.18 Å². The smallest absolute Gasteiger partial charge is 0.419 e. The minimum atomic E-state index is -4.63. The molecule has 2 aromatic rings. The van der Waals surface area contributed by atoms with Gasteiger partial charge in [0.05, 0.1) is 24.1 Å². The van der Waals surface area contributed by atoms with Crippen LogP contribution in [0.4, 0.5) is 24.8 Å². The first-order chi connectivity index (χ1) is 19.0. The van der Waals surface area contributed by atoms with Gasteiger partial charge in [0.2, 0.25) is 11.9 Å². The molecule has 2 amide bonds. The highest BCUT2D eigenvalue weighted by Gasteiger charge is 2.37. The Morgan fingerprint density at radius 1 is 1.10 bits per heavy atom. The molecule has 3 N–H and O–H groups in total. The normalized spacial score (nSPS) is 20.6. The molecule has 0 spiro atoms. The monoisotopic (exact) mass is 562 g/mol. The summed E-state index contributed by atoms with van der Waals surface area (Å²) in [5.74, 6) is -0.275. The van der Waals surface area contributed by atoms with E-state index in [2.05, 4.69) is 30.8 Å². The summed E-state index contributed by atoms with van der Waals surface area (Å²) in [7, 11) is 3.51. The number of hydrogen-bond donors (Lipinski definition) is 3. The third-order valence-corrected chi connectivity index (χ3v) is 7.69. The number of likely N-dealkylation sites (tertiary alicyclic amines) is 1. The summed E-state index contributed by atoms with van der Waals surface area (Å²) in [6, 6.07) is 4.70. The molecule has 4 rings (SSSR count). The Kier molecular flexibility index (Phi) is 9.49. The first-order valence-corrected chi connectivity index (χ1v) is 13.7. The maximum atomic E-state index is 13.9. The van der Waals surface area contributed by atoms with Gasteiger partial charge in [0, 0.05) is 30.8 Å². The van der Waals surface area contributed by atoms with Crippen molar-refractivity contribution in [3.63, 3.8) is 0 Å². The van der Waals surface area contributed by atoms with Gasteiger partial charge < -0.3 is 25.6 Å². The minimum absolute atomic E-state index is 0.0407. The van der Waals surface area contributed by atoms with Crippen LogP contribution in [0.15, 0.2) is 24.4 Å². The average molecular weight is 563 g/mol. The highest BCUT2D eigenvalue weighted by atomic mass is 19.4. The number of carbonyl (C=O) groups is 2. The first kappa shape index (κ1) is 29.6. The highest BCUT2D eigenvalue weighted by molar-refractivity contribution is 5.96. The number of amides is 2. The lowest BCUT2D eigenvalue weighted by Gasteiger charge is -2.32. The zero-order chi connectivity index (χ0) is 28.9. The Morgan fingerprint density at radius 3 is 2.50 bits per heavy atom. The van der Waals surface area contributed by atoms with Gasteiger partial charge in [-0.15, -0.1) is 0 Å². The molecule has 218 valence electrons. The molecule has 2 aliphatic rings. The molecule has 2 fully saturated rings. The van der Waals surface area contributed by atoms with Crippen molar-refractivity contribution < 1.29 is 27.5 Å². The van der Waals surface area contributed by atoms with Crippen molar-refractivity contribution >= 4 is 23.5 Å². The standard InChI is InChI=1S/C28H37F3N6O3/c1-17(38)33-22-7-5-4-6-18(22)14-23-21(28(29,30)31)16-32-27(35-23)36-24-15-19(8-9-25(24)40-3)26(39)34-20-10-12-37(2)13-11-20/h8-9,15-16,18,20,22H,4-7,10-14H2,1-3H3,(H,33,38)(H,34,39)(H,32,35,36)/t18-,22+/m0/s1. The lowest BCUT2D eigenvalue weighted by Crippen LogP contribution is -2.43. The Balaban J connectivity index is 1.57. The molecule has 0 unspecified atom stereocenters. The van der Waals surface area contributed by atoms with Crippen LogP contribution < -0.4 is 20.7 Å². The van der Waals surface area contributed by atoms with Crippen LogP contribution in [-0.2, 0) is 17.4 Å². The number of piperidine rings is 1. The molecule has 1 saturated heterocycles. The number of benzene rings is 1. The van der Waals surface area contributed by atoms with E-state index in [9.17, 15) is 22.8 Å². The molecule has 12 heteroatoms. The van der Waals surface area contributed by atoms with Crippen LogP contribution in [-0.4, -0.2) is 66.0 Å². The van der Waals surface area contributed by atoms with Crippen LogP contribution in [0.25, 0.3) is 0 Å².